The monoisotopic (exact) mass is 292 g/mol. The Morgan fingerprint density at radius 1 is 1.19 bits per heavy atom. The molecule has 6 nitrogen and oxygen atoms in total. The van der Waals surface area contributed by atoms with Crippen molar-refractivity contribution in [1.82, 2.24) is 10.6 Å². The number of ether oxygens (including phenoxy) is 1. The van der Waals surface area contributed by atoms with Gasteiger partial charge in [-0.3, -0.25) is 4.79 Å². The number of carbonyl (C=O) groups excluding carboxylic acids is 1. The molecule has 3 N–H and O–H groups in total. The molecule has 0 aromatic heterocycles. The second kappa shape index (κ2) is 7.64. The van der Waals surface area contributed by atoms with E-state index < -0.39 is 12.1 Å². The van der Waals surface area contributed by atoms with Crippen molar-refractivity contribution in [3.63, 3.8) is 0 Å². The summed E-state index contributed by atoms with van der Waals surface area (Å²) in [7, 11) is 0. The highest BCUT2D eigenvalue weighted by Crippen LogP contribution is 2.20. The number of hydrogen-bond donors (Lipinski definition) is 3. The number of carboxylic acids is 1. The van der Waals surface area contributed by atoms with Crippen LogP contribution in [0.1, 0.15) is 24.8 Å². The third kappa shape index (κ3) is 5.43. The van der Waals surface area contributed by atoms with Crippen LogP contribution in [0.15, 0.2) is 30.3 Å². The van der Waals surface area contributed by atoms with Gasteiger partial charge in [-0.2, -0.15) is 0 Å². The Morgan fingerprint density at radius 2 is 1.90 bits per heavy atom. The van der Waals surface area contributed by atoms with Gasteiger partial charge in [0.15, 0.2) is 0 Å². The molecule has 0 atom stereocenters. The summed E-state index contributed by atoms with van der Waals surface area (Å²) in [6, 6.07) is 9.90. The fourth-order valence-electron chi connectivity index (χ4n) is 2.22. The molecule has 1 amide bonds. The first-order valence-electron chi connectivity index (χ1n) is 7.06. The molecule has 6 heteroatoms. The molecule has 0 spiro atoms. The predicted octanol–water partition coefficient (Wildman–Crippen LogP) is 1.51. The van der Waals surface area contributed by atoms with Crippen LogP contribution in [0.5, 0.6) is 0 Å². The van der Waals surface area contributed by atoms with Crippen molar-refractivity contribution in [1.29, 1.82) is 0 Å². The van der Waals surface area contributed by atoms with Crippen molar-refractivity contribution in [3.8, 4) is 0 Å². The molecule has 0 unspecified atom stereocenters. The lowest BCUT2D eigenvalue weighted by Crippen LogP contribution is -2.52. The van der Waals surface area contributed by atoms with Gasteiger partial charge in [-0.15, -0.1) is 0 Å². The fraction of sp³-hybridized carbons (Fsp3) is 0.467. The maximum Gasteiger partial charge on any atom is 0.407 e. The van der Waals surface area contributed by atoms with Gasteiger partial charge in [-0.05, 0) is 18.4 Å². The van der Waals surface area contributed by atoms with Crippen LogP contribution < -0.4 is 10.6 Å². The molecule has 1 aliphatic carbocycles. The van der Waals surface area contributed by atoms with E-state index >= 15 is 0 Å². The van der Waals surface area contributed by atoms with Crippen LogP contribution in [0.25, 0.3) is 0 Å². The smallest absolute Gasteiger partial charge is 0.407 e. The zero-order valence-corrected chi connectivity index (χ0v) is 11.7. The summed E-state index contributed by atoms with van der Waals surface area (Å²) in [6.45, 7) is 0.727. The second-order valence-electron chi connectivity index (χ2n) is 5.17. The van der Waals surface area contributed by atoms with Crippen LogP contribution in [0.3, 0.4) is 0 Å². The van der Waals surface area contributed by atoms with E-state index in [4.69, 9.17) is 9.84 Å². The van der Waals surface area contributed by atoms with Gasteiger partial charge in [-0.1, -0.05) is 30.3 Å². The Balaban J connectivity index is 1.55. The van der Waals surface area contributed by atoms with Crippen LogP contribution in [-0.2, 0) is 16.1 Å². The first kappa shape index (κ1) is 15.3. The van der Waals surface area contributed by atoms with E-state index in [2.05, 4.69) is 10.6 Å². The van der Waals surface area contributed by atoms with Crippen molar-refractivity contribution in [3.05, 3.63) is 35.9 Å². The number of aliphatic carboxylic acids is 1. The van der Waals surface area contributed by atoms with Gasteiger partial charge in [0.1, 0.15) is 6.61 Å². The number of alkyl carbamates (subject to hydrolysis) is 1. The van der Waals surface area contributed by atoms with Gasteiger partial charge in [-0.25, -0.2) is 4.79 Å². The number of carboxylic acid groups (broad SMARTS) is 1. The van der Waals surface area contributed by atoms with Crippen molar-refractivity contribution >= 4 is 12.1 Å². The third-order valence-electron chi connectivity index (χ3n) is 3.44. The zero-order valence-electron chi connectivity index (χ0n) is 11.7. The van der Waals surface area contributed by atoms with E-state index in [1.54, 1.807) is 0 Å². The summed E-state index contributed by atoms with van der Waals surface area (Å²) in [5.74, 6) is -0.805. The summed E-state index contributed by atoms with van der Waals surface area (Å²) in [5.41, 5.74) is 0.953. The number of carbonyl (C=O) groups is 2. The van der Waals surface area contributed by atoms with Gasteiger partial charge >= 0.3 is 12.1 Å². The van der Waals surface area contributed by atoms with Gasteiger partial charge in [0.25, 0.3) is 0 Å². The highest BCUT2D eigenvalue weighted by molar-refractivity contribution is 5.68. The Kier molecular flexibility index (Phi) is 5.57. The number of nitrogens with one attached hydrogen (secondary N) is 2. The molecule has 1 aromatic rings. The van der Waals surface area contributed by atoms with Gasteiger partial charge in [0, 0.05) is 18.6 Å². The number of rotatable bonds is 7. The SMILES string of the molecule is O=C(O)CCNC1CC(NC(=O)OCc2ccccc2)C1. The topological polar surface area (TPSA) is 87.7 Å². The van der Waals surface area contributed by atoms with E-state index in [9.17, 15) is 9.59 Å². The summed E-state index contributed by atoms with van der Waals surface area (Å²) in [4.78, 5) is 22.0. The molecule has 0 saturated heterocycles. The molecule has 0 heterocycles. The van der Waals surface area contributed by atoms with Gasteiger partial charge < -0.3 is 20.5 Å². The number of hydrogen-bond acceptors (Lipinski definition) is 4. The quantitative estimate of drug-likeness (QED) is 0.709. The van der Waals surface area contributed by atoms with Crippen molar-refractivity contribution < 1.29 is 19.4 Å². The third-order valence-corrected chi connectivity index (χ3v) is 3.44. The van der Waals surface area contributed by atoms with Crippen LogP contribution in [-0.4, -0.2) is 35.8 Å². The molecule has 1 aliphatic rings. The van der Waals surface area contributed by atoms with Gasteiger partial charge in [0.05, 0.1) is 6.42 Å². The van der Waals surface area contributed by atoms with Gasteiger partial charge in [0.2, 0.25) is 0 Å². The van der Waals surface area contributed by atoms with Crippen LogP contribution in [0.4, 0.5) is 4.79 Å². The molecule has 114 valence electrons. The molecule has 0 aliphatic heterocycles. The lowest BCUT2D eigenvalue weighted by Gasteiger charge is -2.36. The van der Waals surface area contributed by atoms with Crippen molar-refractivity contribution in [2.75, 3.05) is 6.54 Å². The Morgan fingerprint density at radius 3 is 2.57 bits per heavy atom. The minimum Gasteiger partial charge on any atom is -0.481 e. The maximum absolute atomic E-state index is 11.6. The summed E-state index contributed by atoms with van der Waals surface area (Å²) < 4.78 is 5.13. The zero-order chi connectivity index (χ0) is 15.1. The van der Waals surface area contributed by atoms with E-state index in [1.807, 2.05) is 30.3 Å². The first-order chi connectivity index (χ1) is 10.1. The van der Waals surface area contributed by atoms with E-state index in [0.29, 0.717) is 6.54 Å². The summed E-state index contributed by atoms with van der Waals surface area (Å²) in [5, 5.41) is 14.5. The molecular weight excluding hydrogens is 272 g/mol. The standard InChI is InChI=1S/C15H20N2O4/c18-14(19)6-7-16-12-8-13(9-12)17-15(20)21-10-11-4-2-1-3-5-11/h1-5,12-13,16H,6-10H2,(H,17,20)(H,18,19). The molecule has 2 rings (SSSR count). The molecular formula is C15H20N2O4. The van der Waals surface area contributed by atoms with Crippen LogP contribution in [0.2, 0.25) is 0 Å². The minimum absolute atomic E-state index is 0.107. The van der Waals surface area contributed by atoms with Crippen molar-refractivity contribution in [2.24, 2.45) is 0 Å². The Labute approximate surface area is 123 Å². The normalized spacial score (nSPS) is 20.4. The van der Waals surface area contributed by atoms with E-state index in [0.717, 1.165) is 18.4 Å². The maximum atomic E-state index is 11.6. The molecule has 1 saturated carbocycles. The second-order valence-corrected chi connectivity index (χ2v) is 5.17. The van der Waals surface area contributed by atoms with E-state index in [1.165, 1.54) is 0 Å². The average Bonchev–Trinajstić information content (AvgIpc) is 2.43. The Hall–Kier alpha value is -2.08. The van der Waals surface area contributed by atoms with E-state index in [-0.39, 0.29) is 25.1 Å². The fourth-order valence-corrected chi connectivity index (χ4v) is 2.22. The summed E-state index contributed by atoms with van der Waals surface area (Å²) in [6.07, 6.45) is 1.32. The highest BCUT2D eigenvalue weighted by atomic mass is 16.5. The Bertz CT molecular complexity index is 472. The van der Waals surface area contributed by atoms with Crippen LogP contribution >= 0.6 is 0 Å². The molecule has 1 fully saturated rings. The summed E-state index contributed by atoms with van der Waals surface area (Å²) >= 11 is 0. The average molecular weight is 292 g/mol. The largest absolute Gasteiger partial charge is 0.481 e. The van der Waals surface area contributed by atoms with Crippen LogP contribution in [0, 0.1) is 0 Å². The molecule has 21 heavy (non-hydrogen) atoms. The first-order valence-corrected chi connectivity index (χ1v) is 7.06. The van der Waals surface area contributed by atoms with Crippen molar-refractivity contribution in [2.45, 2.75) is 38.0 Å². The number of benzene rings is 1. The number of amides is 1. The predicted molar refractivity (Wildman–Crippen MR) is 76.8 cm³/mol. The minimum atomic E-state index is -0.805. The molecule has 1 aromatic carbocycles. The molecule has 0 radical (unpaired) electrons. The highest BCUT2D eigenvalue weighted by Gasteiger charge is 2.30. The molecule has 0 bridgehead atoms. The lowest BCUT2D eigenvalue weighted by molar-refractivity contribution is -0.136. The lowest BCUT2D eigenvalue weighted by atomic mass is 9.87.